The third-order valence-corrected chi connectivity index (χ3v) is 2.09. The smallest absolute Gasteiger partial charge is 0.0704 e. The number of hydrogen-bond donors (Lipinski definition) is 0. The summed E-state index contributed by atoms with van der Waals surface area (Å²) in [4.78, 5) is 4.31. The SMILES string of the molecule is Br.Cc1ccccc1-c1ccccn1. The number of nitrogens with zero attached hydrogens (tertiary/aromatic N) is 1. The third kappa shape index (κ3) is 2.20. The Kier molecular flexibility index (Phi) is 3.84. The zero-order chi connectivity index (χ0) is 9.10. The Hall–Kier alpha value is -1.15. The molecule has 0 saturated heterocycles. The summed E-state index contributed by atoms with van der Waals surface area (Å²) in [5.41, 5.74) is 3.52. The Morgan fingerprint density at radius 2 is 1.64 bits per heavy atom. The van der Waals surface area contributed by atoms with Crippen molar-refractivity contribution in [2.75, 3.05) is 0 Å². The molecule has 0 amide bonds. The molecule has 2 aromatic rings. The maximum absolute atomic E-state index is 4.31. The molecule has 0 aliphatic carbocycles. The Morgan fingerprint density at radius 3 is 2.29 bits per heavy atom. The average molecular weight is 250 g/mol. The molecule has 0 atom stereocenters. The number of aromatic nitrogens is 1. The summed E-state index contributed by atoms with van der Waals surface area (Å²) in [6, 6.07) is 14.2. The topological polar surface area (TPSA) is 12.9 Å². The van der Waals surface area contributed by atoms with E-state index in [2.05, 4.69) is 24.0 Å². The van der Waals surface area contributed by atoms with Crippen molar-refractivity contribution in [3.63, 3.8) is 0 Å². The van der Waals surface area contributed by atoms with E-state index in [1.807, 2.05) is 36.5 Å². The molecule has 0 fully saturated rings. The monoisotopic (exact) mass is 249 g/mol. The van der Waals surface area contributed by atoms with Crippen molar-refractivity contribution >= 4 is 17.0 Å². The molecule has 72 valence electrons. The van der Waals surface area contributed by atoms with Gasteiger partial charge in [-0.05, 0) is 24.6 Å². The molecule has 0 aliphatic rings. The summed E-state index contributed by atoms with van der Waals surface area (Å²) in [6.07, 6.45) is 1.82. The van der Waals surface area contributed by atoms with Crippen LogP contribution in [0.1, 0.15) is 5.56 Å². The highest BCUT2D eigenvalue weighted by Crippen LogP contribution is 2.19. The van der Waals surface area contributed by atoms with Crippen molar-refractivity contribution in [1.82, 2.24) is 4.98 Å². The largest absolute Gasteiger partial charge is 0.256 e. The van der Waals surface area contributed by atoms with Crippen LogP contribution in [0.4, 0.5) is 0 Å². The summed E-state index contributed by atoms with van der Waals surface area (Å²) in [7, 11) is 0. The van der Waals surface area contributed by atoms with E-state index in [1.165, 1.54) is 11.1 Å². The van der Waals surface area contributed by atoms with E-state index in [1.54, 1.807) is 0 Å². The van der Waals surface area contributed by atoms with Gasteiger partial charge in [-0.25, -0.2) is 0 Å². The summed E-state index contributed by atoms with van der Waals surface area (Å²) < 4.78 is 0. The Bertz CT molecular complexity index is 398. The molecule has 1 aromatic carbocycles. The normalized spacial score (nSPS) is 9.21. The van der Waals surface area contributed by atoms with Gasteiger partial charge in [0.1, 0.15) is 0 Å². The minimum absolute atomic E-state index is 0. The maximum Gasteiger partial charge on any atom is 0.0704 e. The van der Waals surface area contributed by atoms with E-state index in [9.17, 15) is 0 Å². The van der Waals surface area contributed by atoms with Gasteiger partial charge in [0.15, 0.2) is 0 Å². The van der Waals surface area contributed by atoms with Crippen LogP contribution in [0, 0.1) is 6.92 Å². The van der Waals surface area contributed by atoms with E-state index in [0.717, 1.165) is 5.69 Å². The lowest BCUT2D eigenvalue weighted by molar-refractivity contribution is 1.31. The van der Waals surface area contributed by atoms with E-state index in [-0.39, 0.29) is 17.0 Å². The van der Waals surface area contributed by atoms with Crippen LogP contribution in [0.3, 0.4) is 0 Å². The van der Waals surface area contributed by atoms with Gasteiger partial charge < -0.3 is 0 Å². The first-order chi connectivity index (χ1) is 6.38. The molecule has 0 unspecified atom stereocenters. The molecule has 0 bridgehead atoms. The van der Waals surface area contributed by atoms with Gasteiger partial charge in [-0.15, -0.1) is 17.0 Å². The molecular formula is C12H12BrN. The molecular weight excluding hydrogens is 238 g/mol. The number of pyridine rings is 1. The highest BCUT2D eigenvalue weighted by atomic mass is 79.9. The van der Waals surface area contributed by atoms with Crippen molar-refractivity contribution < 1.29 is 0 Å². The van der Waals surface area contributed by atoms with Crippen molar-refractivity contribution in [3.05, 3.63) is 54.2 Å². The van der Waals surface area contributed by atoms with Crippen LogP contribution in [0.15, 0.2) is 48.7 Å². The molecule has 2 rings (SSSR count). The lowest BCUT2D eigenvalue weighted by atomic mass is 10.1. The molecule has 0 radical (unpaired) electrons. The van der Waals surface area contributed by atoms with Crippen LogP contribution < -0.4 is 0 Å². The van der Waals surface area contributed by atoms with Crippen LogP contribution in [0.25, 0.3) is 11.3 Å². The van der Waals surface area contributed by atoms with Crippen LogP contribution in [-0.4, -0.2) is 4.98 Å². The van der Waals surface area contributed by atoms with Gasteiger partial charge in [-0.1, -0.05) is 30.3 Å². The predicted octanol–water partition coefficient (Wildman–Crippen LogP) is 3.63. The second-order valence-corrected chi connectivity index (χ2v) is 3.03. The number of benzene rings is 1. The van der Waals surface area contributed by atoms with Gasteiger partial charge in [-0.2, -0.15) is 0 Å². The quantitative estimate of drug-likeness (QED) is 0.753. The van der Waals surface area contributed by atoms with E-state index in [4.69, 9.17) is 0 Å². The van der Waals surface area contributed by atoms with Gasteiger partial charge in [0.05, 0.1) is 5.69 Å². The zero-order valence-corrected chi connectivity index (χ0v) is 9.69. The highest BCUT2D eigenvalue weighted by molar-refractivity contribution is 8.93. The summed E-state index contributed by atoms with van der Waals surface area (Å²) in [5.74, 6) is 0. The maximum atomic E-state index is 4.31. The molecule has 2 heteroatoms. The molecule has 0 N–H and O–H groups in total. The van der Waals surface area contributed by atoms with Crippen LogP contribution >= 0.6 is 17.0 Å². The van der Waals surface area contributed by atoms with Gasteiger partial charge in [0.2, 0.25) is 0 Å². The number of halogens is 1. The molecule has 0 aliphatic heterocycles. The Labute approximate surface area is 94.6 Å². The first-order valence-corrected chi connectivity index (χ1v) is 4.35. The fraction of sp³-hybridized carbons (Fsp3) is 0.0833. The number of hydrogen-bond acceptors (Lipinski definition) is 1. The van der Waals surface area contributed by atoms with Crippen molar-refractivity contribution in [2.45, 2.75) is 6.92 Å². The molecule has 1 heterocycles. The fourth-order valence-electron chi connectivity index (χ4n) is 1.38. The van der Waals surface area contributed by atoms with Gasteiger partial charge in [0, 0.05) is 11.8 Å². The minimum Gasteiger partial charge on any atom is -0.256 e. The lowest BCUT2D eigenvalue weighted by Crippen LogP contribution is -1.84. The summed E-state index contributed by atoms with van der Waals surface area (Å²) in [6.45, 7) is 2.10. The minimum atomic E-state index is 0. The molecule has 0 saturated carbocycles. The van der Waals surface area contributed by atoms with Crippen LogP contribution in [0.5, 0.6) is 0 Å². The first-order valence-electron chi connectivity index (χ1n) is 4.35. The Balaban J connectivity index is 0.000000980. The summed E-state index contributed by atoms with van der Waals surface area (Å²) >= 11 is 0. The van der Waals surface area contributed by atoms with Crippen molar-refractivity contribution in [3.8, 4) is 11.3 Å². The van der Waals surface area contributed by atoms with Crippen LogP contribution in [0.2, 0.25) is 0 Å². The van der Waals surface area contributed by atoms with Crippen molar-refractivity contribution in [1.29, 1.82) is 0 Å². The second kappa shape index (κ2) is 4.91. The molecule has 0 spiro atoms. The van der Waals surface area contributed by atoms with Gasteiger partial charge in [0.25, 0.3) is 0 Å². The standard InChI is InChI=1S/C12H11N.BrH/c1-10-6-2-3-7-11(10)12-8-4-5-9-13-12;/h2-9H,1H3;1H. The molecule has 1 aromatic heterocycles. The van der Waals surface area contributed by atoms with Gasteiger partial charge >= 0.3 is 0 Å². The van der Waals surface area contributed by atoms with E-state index >= 15 is 0 Å². The Morgan fingerprint density at radius 1 is 0.929 bits per heavy atom. The highest BCUT2D eigenvalue weighted by Gasteiger charge is 1.99. The van der Waals surface area contributed by atoms with Crippen LogP contribution in [-0.2, 0) is 0 Å². The number of aryl methyl sites for hydroxylation is 1. The third-order valence-electron chi connectivity index (χ3n) is 2.09. The van der Waals surface area contributed by atoms with E-state index < -0.39 is 0 Å². The predicted molar refractivity (Wildman–Crippen MR) is 64.7 cm³/mol. The lowest BCUT2D eigenvalue weighted by Gasteiger charge is -2.03. The second-order valence-electron chi connectivity index (χ2n) is 3.03. The van der Waals surface area contributed by atoms with Crippen molar-refractivity contribution in [2.24, 2.45) is 0 Å². The first kappa shape index (κ1) is 10.9. The molecule has 1 nitrogen and oxygen atoms in total. The molecule has 14 heavy (non-hydrogen) atoms. The average Bonchev–Trinajstić information content (AvgIpc) is 2.20. The van der Waals surface area contributed by atoms with E-state index in [0.29, 0.717) is 0 Å². The zero-order valence-electron chi connectivity index (χ0n) is 7.97. The fourth-order valence-corrected chi connectivity index (χ4v) is 1.38. The van der Waals surface area contributed by atoms with Gasteiger partial charge in [-0.3, -0.25) is 4.98 Å². The summed E-state index contributed by atoms with van der Waals surface area (Å²) in [5, 5.41) is 0. The number of rotatable bonds is 1.